The van der Waals surface area contributed by atoms with Gasteiger partial charge in [-0.05, 0) is 56.8 Å². The largest absolute Gasteiger partial charge is 0.372 e. The minimum absolute atomic E-state index is 0.579. The third kappa shape index (κ3) is 1.62. The molecule has 2 unspecified atom stereocenters. The molecule has 2 aliphatic carbocycles. The Bertz CT molecular complexity index is 264. The zero-order valence-electron chi connectivity index (χ0n) is 10.2. The lowest BCUT2D eigenvalue weighted by atomic mass is 9.82. The van der Waals surface area contributed by atoms with Crippen molar-refractivity contribution in [2.45, 2.75) is 69.6 Å². The summed E-state index contributed by atoms with van der Waals surface area (Å²) in [5, 5.41) is 0. The van der Waals surface area contributed by atoms with Crippen molar-refractivity contribution in [1.82, 2.24) is 4.90 Å². The Morgan fingerprint density at radius 2 is 1.44 bits per heavy atom. The summed E-state index contributed by atoms with van der Waals surface area (Å²) in [6, 6.07) is 0.901. The van der Waals surface area contributed by atoms with E-state index in [0.29, 0.717) is 12.2 Å². The predicted octanol–water partition coefficient (Wildman–Crippen LogP) is 2.57. The molecule has 0 aromatic carbocycles. The molecule has 0 radical (unpaired) electrons. The number of hydrogen-bond acceptors (Lipinski definition) is 2. The predicted molar refractivity (Wildman–Crippen MR) is 63.4 cm³/mol. The SMILES string of the molecule is C1CC2CN(C3CCC4(CC3)CC4)CC1O2. The maximum atomic E-state index is 5.93. The van der Waals surface area contributed by atoms with Gasteiger partial charge in [-0.3, -0.25) is 4.90 Å². The molecule has 2 bridgehead atoms. The van der Waals surface area contributed by atoms with Gasteiger partial charge in [0.1, 0.15) is 0 Å². The molecule has 2 saturated carbocycles. The molecule has 1 spiro atoms. The summed E-state index contributed by atoms with van der Waals surface area (Å²) in [5.74, 6) is 0. The van der Waals surface area contributed by atoms with Crippen LogP contribution in [0, 0.1) is 5.41 Å². The van der Waals surface area contributed by atoms with Crippen LogP contribution in [0.5, 0.6) is 0 Å². The first-order valence-electron chi connectivity index (χ1n) is 7.23. The van der Waals surface area contributed by atoms with E-state index in [1.54, 1.807) is 0 Å². The van der Waals surface area contributed by atoms with Gasteiger partial charge in [-0.1, -0.05) is 0 Å². The summed E-state index contributed by atoms with van der Waals surface area (Å²) in [5.41, 5.74) is 0.849. The summed E-state index contributed by atoms with van der Waals surface area (Å²) >= 11 is 0. The fourth-order valence-corrected chi connectivity index (χ4v) is 4.20. The number of nitrogens with zero attached hydrogens (tertiary/aromatic N) is 1. The zero-order valence-corrected chi connectivity index (χ0v) is 10.2. The topological polar surface area (TPSA) is 12.5 Å². The second kappa shape index (κ2) is 3.46. The first-order chi connectivity index (χ1) is 7.83. The lowest BCUT2D eigenvalue weighted by molar-refractivity contribution is -0.0596. The summed E-state index contributed by atoms with van der Waals surface area (Å²) in [7, 11) is 0. The molecule has 2 heterocycles. The van der Waals surface area contributed by atoms with Crippen LogP contribution < -0.4 is 0 Å². The van der Waals surface area contributed by atoms with Crippen LogP contribution in [0.25, 0.3) is 0 Å². The molecule has 0 amide bonds. The number of ether oxygens (including phenoxy) is 1. The van der Waals surface area contributed by atoms with Crippen molar-refractivity contribution in [1.29, 1.82) is 0 Å². The summed E-state index contributed by atoms with van der Waals surface area (Å²) in [6.45, 7) is 2.46. The second-order valence-corrected chi connectivity index (χ2v) is 6.64. The molecule has 16 heavy (non-hydrogen) atoms. The molecular formula is C14H23NO. The van der Waals surface area contributed by atoms with Gasteiger partial charge in [0.15, 0.2) is 0 Å². The molecule has 2 heteroatoms. The molecule has 4 rings (SSSR count). The first kappa shape index (κ1) is 9.90. The van der Waals surface area contributed by atoms with Gasteiger partial charge in [0, 0.05) is 19.1 Å². The number of hydrogen-bond donors (Lipinski definition) is 0. The molecule has 0 N–H and O–H groups in total. The van der Waals surface area contributed by atoms with Gasteiger partial charge in [-0.15, -0.1) is 0 Å². The van der Waals surface area contributed by atoms with Crippen molar-refractivity contribution in [2.75, 3.05) is 13.1 Å². The van der Waals surface area contributed by atoms with Crippen LogP contribution in [0.4, 0.5) is 0 Å². The van der Waals surface area contributed by atoms with Crippen LogP contribution in [0.1, 0.15) is 51.4 Å². The average molecular weight is 221 g/mol. The highest BCUT2D eigenvalue weighted by Crippen LogP contribution is 2.56. The van der Waals surface area contributed by atoms with Crippen LogP contribution in [0.2, 0.25) is 0 Å². The highest BCUT2D eigenvalue weighted by molar-refractivity contribution is 4.99. The molecule has 2 saturated heterocycles. The summed E-state index contributed by atoms with van der Waals surface area (Å²) in [4.78, 5) is 2.76. The van der Waals surface area contributed by atoms with Crippen molar-refractivity contribution in [3.8, 4) is 0 Å². The van der Waals surface area contributed by atoms with E-state index in [9.17, 15) is 0 Å². The number of likely N-dealkylation sites (tertiary alicyclic amines) is 1. The molecule has 0 aromatic rings. The Balaban J connectivity index is 1.39. The third-order valence-corrected chi connectivity index (χ3v) is 5.56. The number of rotatable bonds is 1. The monoisotopic (exact) mass is 221 g/mol. The van der Waals surface area contributed by atoms with Crippen LogP contribution in [-0.2, 0) is 4.74 Å². The van der Waals surface area contributed by atoms with Gasteiger partial charge in [-0.25, -0.2) is 0 Å². The van der Waals surface area contributed by atoms with Gasteiger partial charge in [-0.2, -0.15) is 0 Å². The third-order valence-electron chi connectivity index (χ3n) is 5.56. The fourth-order valence-electron chi connectivity index (χ4n) is 4.20. The lowest BCUT2D eigenvalue weighted by Gasteiger charge is -2.41. The standard InChI is InChI=1S/C14H23NO/c1-2-13-10-15(9-12(1)16-13)11-3-5-14(6-4-11)7-8-14/h11-13H,1-10H2. The maximum Gasteiger partial charge on any atom is 0.0707 e. The smallest absolute Gasteiger partial charge is 0.0707 e. The van der Waals surface area contributed by atoms with Crippen LogP contribution >= 0.6 is 0 Å². The Morgan fingerprint density at radius 3 is 2.00 bits per heavy atom. The van der Waals surface area contributed by atoms with Crippen LogP contribution in [0.3, 0.4) is 0 Å². The Morgan fingerprint density at radius 1 is 0.812 bits per heavy atom. The van der Waals surface area contributed by atoms with E-state index >= 15 is 0 Å². The zero-order chi connectivity index (χ0) is 10.6. The van der Waals surface area contributed by atoms with Gasteiger partial charge in [0.05, 0.1) is 12.2 Å². The summed E-state index contributed by atoms with van der Waals surface area (Å²) in [6.07, 6.45) is 12.8. The molecule has 4 fully saturated rings. The summed E-state index contributed by atoms with van der Waals surface area (Å²) < 4.78 is 5.93. The van der Waals surface area contributed by atoms with Crippen molar-refractivity contribution in [3.05, 3.63) is 0 Å². The van der Waals surface area contributed by atoms with E-state index in [1.807, 2.05) is 0 Å². The van der Waals surface area contributed by atoms with Crippen molar-refractivity contribution in [2.24, 2.45) is 5.41 Å². The van der Waals surface area contributed by atoms with E-state index < -0.39 is 0 Å². The Kier molecular flexibility index (Phi) is 2.14. The van der Waals surface area contributed by atoms with E-state index in [0.717, 1.165) is 11.5 Å². The minimum atomic E-state index is 0.579. The molecule has 2 atom stereocenters. The van der Waals surface area contributed by atoms with E-state index in [1.165, 1.54) is 64.5 Å². The van der Waals surface area contributed by atoms with Crippen molar-refractivity contribution >= 4 is 0 Å². The van der Waals surface area contributed by atoms with Gasteiger partial charge in [0.2, 0.25) is 0 Å². The van der Waals surface area contributed by atoms with Gasteiger partial charge in [0.25, 0.3) is 0 Å². The number of morpholine rings is 1. The Hall–Kier alpha value is -0.0800. The number of fused-ring (bicyclic) bond motifs is 2. The molecule has 0 aromatic heterocycles. The van der Waals surface area contributed by atoms with E-state index in [-0.39, 0.29) is 0 Å². The quantitative estimate of drug-likeness (QED) is 0.675. The Labute approximate surface area is 98.3 Å². The molecule has 90 valence electrons. The van der Waals surface area contributed by atoms with Gasteiger partial charge >= 0.3 is 0 Å². The highest BCUT2D eigenvalue weighted by Gasteiger charge is 2.46. The minimum Gasteiger partial charge on any atom is -0.372 e. The van der Waals surface area contributed by atoms with Crippen LogP contribution in [-0.4, -0.2) is 36.2 Å². The average Bonchev–Trinajstić information content (AvgIpc) is 2.98. The van der Waals surface area contributed by atoms with E-state index in [2.05, 4.69) is 4.90 Å². The fraction of sp³-hybridized carbons (Fsp3) is 1.00. The van der Waals surface area contributed by atoms with Crippen LogP contribution in [0.15, 0.2) is 0 Å². The van der Waals surface area contributed by atoms with E-state index in [4.69, 9.17) is 4.74 Å². The molecule has 2 nitrogen and oxygen atoms in total. The normalized spacial score (nSPS) is 42.8. The highest BCUT2D eigenvalue weighted by atomic mass is 16.5. The van der Waals surface area contributed by atoms with Crippen molar-refractivity contribution < 1.29 is 4.74 Å². The van der Waals surface area contributed by atoms with Crippen molar-refractivity contribution in [3.63, 3.8) is 0 Å². The maximum absolute atomic E-state index is 5.93. The second-order valence-electron chi connectivity index (χ2n) is 6.64. The lowest BCUT2D eigenvalue weighted by Crippen LogP contribution is -2.49. The molecule has 2 aliphatic heterocycles. The first-order valence-corrected chi connectivity index (χ1v) is 7.23. The molecule has 4 aliphatic rings. The molecular weight excluding hydrogens is 198 g/mol. The van der Waals surface area contributed by atoms with Gasteiger partial charge < -0.3 is 4.74 Å².